The van der Waals surface area contributed by atoms with Crippen LogP contribution in [0.3, 0.4) is 0 Å². The summed E-state index contributed by atoms with van der Waals surface area (Å²) < 4.78 is 10.2. The van der Waals surface area contributed by atoms with E-state index < -0.39 is 10.8 Å². The Labute approximate surface area is 182 Å². The molecule has 0 aliphatic rings. The molecule has 5 nitrogen and oxygen atoms in total. The van der Waals surface area contributed by atoms with E-state index in [1.54, 1.807) is 0 Å². The Hall–Kier alpha value is -1.88. The predicted octanol–water partition coefficient (Wildman–Crippen LogP) is 5.26. The smallest absolute Gasteiger partial charge is 0.311 e. The van der Waals surface area contributed by atoms with Crippen LogP contribution in [-0.2, 0) is 19.1 Å². The third-order valence-electron chi connectivity index (χ3n) is 6.13. The molecule has 170 valence electrons. The Balaban J connectivity index is 2.74. The Morgan fingerprint density at radius 3 is 2.20 bits per heavy atom. The first kappa shape index (κ1) is 26.2. The van der Waals surface area contributed by atoms with Crippen molar-refractivity contribution in [2.75, 3.05) is 20.3 Å². The summed E-state index contributed by atoms with van der Waals surface area (Å²) in [7, 11) is 1.40. The van der Waals surface area contributed by atoms with Gasteiger partial charge in [0.25, 0.3) is 0 Å². The van der Waals surface area contributed by atoms with Crippen molar-refractivity contribution in [2.24, 2.45) is 10.8 Å². The Morgan fingerprint density at radius 2 is 1.63 bits per heavy atom. The van der Waals surface area contributed by atoms with Crippen molar-refractivity contribution < 1.29 is 24.2 Å². The number of carbonyl (C=O) groups is 2. The highest BCUT2D eigenvalue weighted by Gasteiger charge is 2.36. The van der Waals surface area contributed by atoms with E-state index in [9.17, 15) is 9.59 Å². The lowest BCUT2D eigenvalue weighted by Gasteiger charge is -2.30. The molecule has 2 atom stereocenters. The highest BCUT2D eigenvalue weighted by atomic mass is 16.5. The molecule has 5 heteroatoms. The van der Waals surface area contributed by atoms with E-state index in [1.807, 2.05) is 26.8 Å². The zero-order chi connectivity index (χ0) is 22.6. The fraction of sp³-hybridized carbons (Fsp3) is 0.680. The highest BCUT2D eigenvalue weighted by Crippen LogP contribution is 2.36. The molecule has 0 saturated heterocycles. The molecule has 0 heterocycles. The molecular weight excluding hydrogens is 380 g/mol. The molecule has 0 spiro atoms. The van der Waals surface area contributed by atoms with Crippen molar-refractivity contribution >= 4 is 11.9 Å². The lowest BCUT2D eigenvalue weighted by molar-refractivity contribution is -0.157. The maximum Gasteiger partial charge on any atom is 0.311 e. The summed E-state index contributed by atoms with van der Waals surface area (Å²) in [6.45, 7) is 7.72. The van der Waals surface area contributed by atoms with Gasteiger partial charge in [-0.05, 0) is 64.4 Å². The van der Waals surface area contributed by atoms with Crippen LogP contribution in [0.2, 0.25) is 0 Å². The summed E-state index contributed by atoms with van der Waals surface area (Å²) in [5.41, 5.74) is 0.131. The van der Waals surface area contributed by atoms with E-state index in [1.165, 1.54) is 12.7 Å². The molecule has 0 fully saturated rings. The van der Waals surface area contributed by atoms with Crippen molar-refractivity contribution in [3.05, 3.63) is 35.9 Å². The van der Waals surface area contributed by atoms with Gasteiger partial charge in [-0.15, -0.1) is 0 Å². The van der Waals surface area contributed by atoms with Crippen LogP contribution in [-0.4, -0.2) is 37.4 Å². The predicted molar refractivity (Wildman–Crippen MR) is 119 cm³/mol. The number of aliphatic hydroxyl groups is 1. The molecule has 0 saturated carbocycles. The van der Waals surface area contributed by atoms with E-state index in [-0.39, 0.29) is 25.2 Å². The summed E-state index contributed by atoms with van der Waals surface area (Å²) in [5.74, 6) is -0.0249. The minimum Gasteiger partial charge on any atom is -0.469 e. The average molecular weight is 421 g/mol. The molecule has 0 aromatic heterocycles. The van der Waals surface area contributed by atoms with Gasteiger partial charge in [0.1, 0.15) is 6.61 Å². The Morgan fingerprint density at radius 1 is 1.00 bits per heavy atom. The minimum absolute atomic E-state index is 0.0175. The molecule has 0 aliphatic heterocycles. The van der Waals surface area contributed by atoms with Crippen molar-refractivity contribution in [1.29, 1.82) is 0 Å². The number of methoxy groups -OCH3 is 1. The number of benzene rings is 1. The minimum atomic E-state index is -0.629. The second kappa shape index (κ2) is 12.7. The molecule has 1 aromatic carbocycles. The zero-order valence-corrected chi connectivity index (χ0v) is 19.4. The van der Waals surface area contributed by atoms with Crippen LogP contribution in [0.25, 0.3) is 0 Å². The van der Waals surface area contributed by atoms with Gasteiger partial charge in [0.05, 0.1) is 24.5 Å². The third-order valence-corrected chi connectivity index (χ3v) is 6.13. The largest absolute Gasteiger partial charge is 0.469 e. The number of carbonyl (C=O) groups excluding carboxylic acids is 2. The second-order valence-corrected chi connectivity index (χ2v) is 9.06. The number of rotatable bonds is 14. The van der Waals surface area contributed by atoms with Crippen LogP contribution in [0.4, 0.5) is 0 Å². The molecular formula is C25H40O5. The van der Waals surface area contributed by atoms with Crippen molar-refractivity contribution in [1.82, 2.24) is 0 Å². The molecule has 1 rings (SSSR count). The summed E-state index contributed by atoms with van der Waals surface area (Å²) in [4.78, 5) is 24.7. The monoisotopic (exact) mass is 420 g/mol. The number of ether oxygens (including phenoxy) is 2. The third kappa shape index (κ3) is 8.10. The van der Waals surface area contributed by atoms with Gasteiger partial charge >= 0.3 is 11.9 Å². The molecule has 0 radical (unpaired) electrons. The van der Waals surface area contributed by atoms with Gasteiger partial charge in [-0.3, -0.25) is 9.59 Å². The maximum absolute atomic E-state index is 12.8. The van der Waals surface area contributed by atoms with Crippen molar-refractivity contribution in [3.8, 4) is 0 Å². The first-order chi connectivity index (χ1) is 14.2. The first-order valence-electron chi connectivity index (χ1n) is 11.1. The fourth-order valence-corrected chi connectivity index (χ4v) is 4.01. The molecule has 30 heavy (non-hydrogen) atoms. The van der Waals surface area contributed by atoms with Crippen LogP contribution >= 0.6 is 0 Å². The summed E-state index contributed by atoms with van der Waals surface area (Å²) in [6.07, 6.45) is 5.71. The lowest BCUT2D eigenvalue weighted by atomic mass is 9.76. The van der Waals surface area contributed by atoms with Gasteiger partial charge in [-0.2, -0.15) is 0 Å². The van der Waals surface area contributed by atoms with E-state index >= 15 is 0 Å². The SMILES string of the molecule is CCC(CCCC(C)(CCCC(C)(C)C(=O)OC)C(=O)OCCO)c1ccccc1. The van der Waals surface area contributed by atoms with E-state index in [0.29, 0.717) is 18.8 Å². The number of hydrogen-bond donors (Lipinski definition) is 1. The fourth-order valence-electron chi connectivity index (χ4n) is 4.01. The van der Waals surface area contributed by atoms with E-state index in [4.69, 9.17) is 14.6 Å². The summed E-state index contributed by atoms with van der Waals surface area (Å²) in [6, 6.07) is 10.5. The molecule has 0 bridgehead atoms. The van der Waals surface area contributed by atoms with Crippen LogP contribution in [0.15, 0.2) is 30.3 Å². The van der Waals surface area contributed by atoms with Crippen LogP contribution < -0.4 is 0 Å². The molecule has 0 amide bonds. The number of hydrogen-bond acceptors (Lipinski definition) is 5. The molecule has 0 aliphatic carbocycles. The highest BCUT2D eigenvalue weighted by molar-refractivity contribution is 5.76. The van der Waals surface area contributed by atoms with Gasteiger partial charge in [-0.25, -0.2) is 0 Å². The van der Waals surface area contributed by atoms with Crippen molar-refractivity contribution in [3.63, 3.8) is 0 Å². The van der Waals surface area contributed by atoms with Gasteiger partial charge in [-0.1, -0.05) is 50.1 Å². The Bertz CT molecular complexity index is 640. The molecule has 2 unspecified atom stereocenters. The number of aliphatic hydroxyl groups excluding tert-OH is 1. The molecule has 1 N–H and O–H groups in total. The quantitative estimate of drug-likeness (QED) is 0.416. The van der Waals surface area contributed by atoms with Gasteiger partial charge in [0.15, 0.2) is 0 Å². The summed E-state index contributed by atoms with van der Waals surface area (Å²) >= 11 is 0. The normalized spacial score (nSPS) is 14.6. The number of esters is 2. The first-order valence-corrected chi connectivity index (χ1v) is 11.1. The van der Waals surface area contributed by atoms with Crippen molar-refractivity contribution in [2.45, 2.75) is 78.6 Å². The molecule has 1 aromatic rings. The second-order valence-electron chi connectivity index (χ2n) is 9.06. The standard InChI is InChI=1S/C25H40O5/c1-6-20(21-12-8-7-9-13-21)14-10-16-25(4,23(28)30-19-18-26)17-11-15-24(2,3)22(27)29-5/h7-9,12-13,20,26H,6,10-11,14-19H2,1-5H3. The summed E-state index contributed by atoms with van der Waals surface area (Å²) in [5, 5.41) is 9.03. The lowest BCUT2D eigenvalue weighted by Crippen LogP contribution is -2.32. The van der Waals surface area contributed by atoms with Crippen LogP contribution in [0.5, 0.6) is 0 Å². The van der Waals surface area contributed by atoms with Crippen LogP contribution in [0.1, 0.15) is 84.1 Å². The zero-order valence-electron chi connectivity index (χ0n) is 19.4. The maximum atomic E-state index is 12.8. The Kier molecular flexibility index (Phi) is 11.1. The van der Waals surface area contributed by atoms with Gasteiger partial charge in [0.2, 0.25) is 0 Å². The average Bonchev–Trinajstić information content (AvgIpc) is 2.74. The van der Waals surface area contributed by atoms with E-state index in [2.05, 4.69) is 31.2 Å². The van der Waals surface area contributed by atoms with Crippen LogP contribution in [0, 0.1) is 10.8 Å². The topological polar surface area (TPSA) is 72.8 Å². The van der Waals surface area contributed by atoms with Gasteiger partial charge < -0.3 is 14.6 Å². The van der Waals surface area contributed by atoms with Gasteiger partial charge in [0, 0.05) is 0 Å². The van der Waals surface area contributed by atoms with E-state index in [0.717, 1.165) is 32.1 Å².